The summed E-state index contributed by atoms with van der Waals surface area (Å²) in [7, 11) is 0. The van der Waals surface area contributed by atoms with Crippen LogP contribution in [0.5, 0.6) is 0 Å². The third kappa shape index (κ3) is 4.45. The number of hydrogen-bond donors (Lipinski definition) is 0. The molecule has 1 rings (SSSR count). The summed E-state index contributed by atoms with van der Waals surface area (Å²) in [5.41, 5.74) is -0.761. The number of carbonyl (C=O) groups is 2. The molecule has 0 saturated carbocycles. The van der Waals surface area contributed by atoms with E-state index in [9.17, 15) is 9.59 Å². The van der Waals surface area contributed by atoms with Crippen molar-refractivity contribution in [3.05, 3.63) is 0 Å². The van der Waals surface area contributed by atoms with Crippen LogP contribution in [0.25, 0.3) is 0 Å². The van der Waals surface area contributed by atoms with Crippen LogP contribution in [0, 0.1) is 0 Å². The highest BCUT2D eigenvalue weighted by Crippen LogP contribution is 2.42. The molecule has 0 aromatic heterocycles. The number of epoxide rings is 1. The lowest BCUT2D eigenvalue weighted by atomic mass is 9.98. The van der Waals surface area contributed by atoms with Gasteiger partial charge in [0.1, 0.15) is 0 Å². The van der Waals surface area contributed by atoms with E-state index in [1.54, 1.807) is 6.92 Å². The van der Waals surface area contributed by atoms with Gasteiger partial charge in [-0.3, -0.25) is 4.79 Å². The molecule has 0 N–H and O–H groups in total. The molecule has 20 heavy (non-hydrogen) atoms. The second-order valence-corrected chi connectivity index (χ2v) is 4.73. The Kier molecular flexibility index (Phi) is 6.95. The highest BCUT2D eigenvalue weighted by molar-refractivity contribution is 5.83. The van der Waals surface area contributed by atoms with E-state index in [2.05, 4.69) is 0 Å². The van der Waals surface area contributed by atoms with Crippen LogP contribution < -0.4 is 0 Å². The van der Waals surface area contributed by atoms with Crippen molar-refractivity contribution >= 4 is 12.4 Å². The molecule has 6 heteroatoms. The van der Waals surface area contributed by atoms with E-state index in [4.69, 9.17) is 18.9 Å². The number of esters is 1. The third-order valence-electron chi connectivity index (χ3n) is 3.41. The first-order valence-electron chi connectivity index (χ1n) is 7.16. The van der Waals surface area contributed by atoms with Gasteiger partial charge in [0.2, 0.25) is 6.29 Å². The second kappa shape index (κ2) is 8.21. The Morgan fingerprint density at radius 2 is 2.05 bits per heavy atom. The van der Waals surface area contributed by atoms with Crippen molar-refractivity contribution < 1.29 is 28.5 Å². The molecule has 0 aromatic carbocycles. The number of unbranched alkanes of at least 4 members (excludes halogenated alkanes) is 1. The van der Waals surface area contributed by atoms with Crippen LogP contribution in [0.3, 0.4) is 0 Å². The standard InChI is InChI=1S/C14H24O6/c1-4-17-12(19-10-15)8-6-7-9-14(11(3)20-14)13(16)18-5-2/h10-12H,4-9H2,1-3H3. The van der Waals surface area contributed by atoms with Crippen molar-refractivity contribution in [1.82, 2.24) is 0 Å². The van der Waals surface area contributed by atoms with E-state index in [0.29, 0.717) is 32.5 Å². The fourth-order valence-corrected chi connectivity index (χ4v) is 2.25. The molecular weight excluding hydrogens is 264 g/mol. The van der Waals surface area contributed by atoms with Crippen LogP contribution in [0.4, 0.5) is 0 Å². The molecule has 0 spiro atoms. The van der Waals surface area contributed by atoms with Crippen molar-refractivity contribution in [2.24, 2.45) is 0 Å². The molecule has 0 bridgehead atoms. The fourth-order valence-electron chi connectivity index (χ4n) is 2.25. The molecule has 1 heterocycles. The SMILES string of the molecule is CCOC(=O)C1(CCCCC(OC=O)OCC)OC1C. The number of rotatable bonds is 11. The van der Waals surface area contributed by atoms with Gasteiger partial charge in [-0.25, -0.2) is 4.79 Å². The highest BCUT2D eigenvalue weighted by atomic mass is 16.7. The molecule has 3 unspecified atom stereocenters. The van der Waals surface area contributed by atoms with E-state index in [-0.39, 0.29) is 12.1 Å². The van der Waals surface area contributed by atoms with E-state index in [0.717, 1.165) is 12.8 Å². The predicted octanol–water partition coefficient (Wildman–Crippen LogP) is 1.80. The zero-order chi connectivity index (χ0) is 15.0. The molecular formula is C14H24O6. The predicted molar refractivity (Wildman–Crippen MR) is 70.9 cm³/mol. The summed E-state index contributed by atoms with van der Waals surface area (Å²) in [6.07, 6.45) is 2.21. The van der Waals surface area contributed by atoms with Crippen molar-refractivity contribution in [3.8, 4) is 0 Å². The minimum atomic E-state index is -0.761. The van der Waals surface area contributed by atoms with E-state index < -0.39 is 11.9 Å². The van der Waals surface area contributed by atoms with Crippen molar-refractivity contribution in [2.45, 2.75) is 64.4 Å². The van der Waals surface area contributed by atoms with Crippen LogP contribution in [0.1, 0.15) is 46.5 Å². The Morgan fingerprint density at radius 3 is 2.55 bits per heavy atom. The van der Waals surface area contributed by atoms with E-state index >= 15 is 0 Å². The smallest absolute Gasteiger partial charge is 0.341 e. The summed E-state index contributed by atoms with van der Waals surface area (Å²) >= 11 is 0. The average Bonchev–Trinajstić information content (AvgIpc) is 3.07. The molecule has 116 valence electrons. The lowest BCUT2D eigenvalue weighted by Gasteiger charge is -2.15. The summed E-state index contributed by atoms with van der Waals surface area (Å²) in [6, 6.07) is 0. The summed E-state index contributed by atoms with van der Waals surface area (Å²) in [4.78, 5) is 22.1. The van der Waals surface area contributed by atoms with E-state index in [1.165, 1.54) is 0 Å². The van der Waals surface area contributed by atoms with Crippen LogP contribution >= 0.6 is 0 Å². The first-order valence-corrected chi connectivity index (χ1v) is 7.16. The van der Waals surface area contributed by atoms with Gasteiger partial charge in [-0.15, -0.1) is 0 Å². The molecule has 1 saturated heterocycles. The van der Waals surface area contributed by atoms with Crippen LogP contribution in [-0.4, -0.2) is 43.7 Å². The Hall–Kier alpha value is -1.14. The molecule has 1 aliphatic rings. The minimum Gasteiger partial charge on any atom is -0.464 e. The number of carbonyl (C=O) groups excluding carboxylic acids is 2. The largest absolute Gasteiger partial charge is 0.464 e. The van der Waals surface area contributed by atoms with Crippen LogP contribution in [0.2, 0.25) is 0 Å². The van der Waals surface area contributed by atoms with Gasteiger partial charge in [-0.1, -0.05) is 0 Å². The minimum absolute atomic E-state index is 0.0875. The molecule has 0 amide bonds. The van der Waals surface area contributed by atoms with Gasteiger partial charge in [0.15, 0.2) is 5.60 Å². The van der Waals surface area contributed by atoms with Gasteiger partial charge in [0.05, 0.1) is 12.7 Å². The molecule has 0 radical (unpaired) electrons. The zero-order valence-electron chi connectivity index (χ0n) is 12.4. The summed E-state index contributed by atoms with van der Waals surface area (Å²) < 4.78 is 20.5. The quantitative estimate of drug-likeness (QED) is 0.190. The molecule has 1 aliphatic heterocycles. The first kappa shape index (κ1) is 16.9. The Morgan fingerprint density at radius 1 is 1.35 bits per heavy atom. The molecule has 0 aliphatic carbocycles. The Bertz CT molecular complexity index is 319. The maximum atomic E-state index is 11.8. The maximum absolute atomic E-state index is 11.8. The summed E-state index contributed by atoms with van der Waals surface area (Å²) in [6.45, 7) is 6.74. The molecule has 0 aromatic rings. The number of hydrogen-bond acceptors (Lipinski definition) is 6. The van der Waals surface area contributed by atoms with Gasteiger partial charge in [0, 0.05) is 13.0 Å². The Labute approximate surface area is 119 Å². The monoisotopic (exact) mass is 288 g/mol. The first-order chi connectivity index (χ1) is 9.60. The third-order valence-corrected chi connectivity index (χ3v) is 3.41. The van der Waals surface area contributed by atoms with Gasteiger partial charge in [-0.2, -0.15) is 0 Å². The topological polar surface area (TPSA) is 74.4 Å². The lowest BCUT2D eigenvalue weighted by Crippen LogP contribution is -2.29. The van der Waals surface area contributed by atoms with Crippen molar-refractivity contribution in [1.29, 1.82) is 0 Å². The van der Waals surface area contributed by atoms with Crippen LogP contribution in [-0.2, 0) is 28.5 Å². The molecule has 6 nitrogen and oxygen atoms in total. The zero-order valence-corrected chi connectivity index (χ0v) is 12.4. The summed E-state index contributed by atoms with van der Waals surface area (Å²) in [5.74, 6) is -0.280. The van der Waals surface area contributed by atoms with Gasteiger partial charge >= 0.3 is 5.97 Å². The van der Waals surface area contributed by atoms with Gasteiger partial charge in [-0.05, 0) is 40.0 Å². The number of ether oxygens (including phenoxy) is 4. The fraction of sp³-hybridized carbons (Fsp3) is 0.857. The van der Waals surface area contributed by atoms with Gasteiger partial charge < -0.3 is 18.9 Å². The van der Waals surface area contributed by atoms with Crippen LogP contribution in [0.15, 0.2) is 0 Å². The highest BCUT2D eigenvalue weighted by Gasteiger charge is 2.60. The summed E-state index contributed by atoms with van der Waals surface area (Å²) in [5, 5.41) is 0. The lowest BCUT2D eigenvalue weighted by molar-refractivity contribution is -0.164. The van der Waals surface area contributed by atoms with E-state index in [1.807, 2.05) is 13.8 Å². The maximum Gasteiger partial charge on any atom is 0.341 e. The Balaban J connectivity index is 2.28. The second-order valence-electron chi connectivity index (χ2n) is 4.73. The normalized spacial score (nSPS) is 25.9. The molecule has 1 fully saturated rings. The van der Waals surface area contributed by atoms with Gasteiger partial charge in [0.25, 0.3) is 6.47 Å². The average molecular weight is 288 g/mol. The van der Waals surface area contributed by atoms with Crippen molar-refractivity contribution in [2.75, 3.05) is 13.2 Å². The van der Waals surface area contributed by atoms with Crippen molar-refractivity contribution in [3.63, 3.8) is 0 Å². The molecule has 3 atom stereocenters.